The molecule has 35 heavy (non-hydrogen) atoms. The zero-order valence-corrected chi connectivity index (χ0v) is 28.5. The van der Waals surface area contributed by atoms with Crippen LogP contribution in [0.2, 0.25) is 6.04 Å². The van der Waals surface area contributed by atoms with E-state index in [1.165, 1.54) is 69.8 Å². The van der Waals surface area contributed by atoms with Gasteiger partial charge in [0.2, 0.25) is 0 Å². The summed E-state index contributed by atoms with van der Waals surface area (Å²) in [7, 11) is 16.6. The molecule has 0 aliphatic heterocycles. The summed E-state index contributed by atoms with van der Waals surface area (Å²) in [5.74, 6) is 0. The summed E-state index contributed by atoms with van der Waals surface area (Å²) in [5.41, 5.74) is 11.6. The Morgan fingerprint density at radius 1 is 0.657 bits per heavy atom. The molecule has 4 heteroatoms. The first-order chi connectivity index (χ1) is 16.8. The fraction of sp³-hybridized carbons (Fsp3) is 0.484. The maximum atomic E-state index is 8.31. The molecule has 2 atom stereocenters. The topological polar surface area (TPSA) is 0 Å². The number of hydrogen-bond donors (Lipinski definition) is 0. The number of benzene rings is 2. The third kappa shape index (κ3) is 4.80. The average Bonchev–Trinajstić information content (AvgIpc) is 3.53. The molecule has 0 aromatic heterocycles. The summed E-state index contributed by atoms with van der Waals surface area (Å²) in [4.78, 5) is 0. The van der Waals surface area contributed by atoms with E-state index in [-0.39, 0.29) is 13.6 Å². The SMILES string of the molecule is CCCCC[SiH]=[Hf]([Cl])([Cl])([CH]1C=Cc2c(CC)ccc(CC)c21)[CH]1C=Cc2c(CC)ccc(CC)c21. The van der Waals surface area contributed by atoms with Gasteiger partial charge in [-0.25, -0.2) is 0 Å². The van der Waals surface area contributed by atoms with Crippen LogP contribution >= 0.6 is 17.2 Å². The summed E-state index contributed by atoms with van der Waals surface area (Å²) in [6, 6.07) is 10.6. The van der Waals surface area contributed by atoms with Crippen LogP contribution < -0.4 is 0 Å². The van der Waals surface area contributed by atoms with E-state index >= 15 is 0 Å². The van der Waals surface area contributed by atoms with Crippen molar-refractivity contribution < 1.29 is 14.8 Å². The molecule has 2 unspecified atom stereocenters. The van der Waals surface area contributed by atoms with Gasteiger partial charge in [-0.15, -0.1) is 0 Å². The quantitative estimate of drug-likeness (QED) is 0.172. The Morgan fingerprint density at radius 2 is 1.09 bits per heavy atom. The molecular weight excluding hydrogens is 650 g/mol. The van der Waals surface area contributed by atoms with Crippen molar-refractivity contribution in [3.63, 3.8) is 0 Å². The summed E-state index contributed by atoms with van der Waals surface area (Å²) < 4.78 is 0.443. The van der Waals surface area contributed by atoms with Crippen LogP contribution in [0, 0.1) is 0 Å². The molecule has 2 aliphatic rings. The van der Waals surface area contributed by atoms with Crippen molar-refractivity contribution >= 4 is 35.5 Å². The van der Waals surface area contributed by atoms with E-state index in [1.54, 1.807) is 0 Å². The molecular formula is C31H42Cl2HfSi. The summed E-state index contributed by atoms with van der Waals surface area (Å²) >= 11 is -4.61. The second kappa shape index (κ2) is 11.1. The first kappa shape index (κ1) is 27.6. The second-order valence-corrected chi connectivity index (χ2v) is 60.7. The molecule has 4 rings (SSSR count). The van der Waals surface area contributed by atoms with E-state index in [9.17, 15) is 0 Å². The van der Waals surface area contributed by atoms with Crippen molar-refractivity contribution in [2.24, 2.45) is 0 Å². The number of rotatable bonds is 10. The molecule has 0 bridgehead atoms. The van der Waals surface area contributed by atoms with Gasteiger partial charge >= 0.3 is 224 Å². The van der Waals surface area contributed by atoms with E-state index in [0.29, 0.717) is 0 Å². The minimum absolute atomic E-state index is 0.00347. The van der Waals surface area contributed by atoms with E-state index in [2.05, 4.69) is 83.2 Å². The summed E-state index contributed by atoms with van der Waals surface area (Å²) in [6.45, 7) is 11.4. The number of aryl methyl sites for hydroxylation is 4. The molecule has 0 saturated heterocycles. The van der Waals surface area contributed by atoms with Crippen molar-refractivity contribution in [3.8, 4) is 0 Å². The van der Waals surface area contributed by atoms with Crippen molar-refractivity contribution in [3.05, 3.63) is 80.9 Å². The fourth-order valence-electron chi connectivity index (χ4n) is 6.53. The van der Waals surface area contributed by atoms with Crippen molar-refractivity contribution in [2.75, 3.05) is 0 Å². The molecule has 2 aromatic rings. The fourth-order valence-corrected chi connectivity index (χ4v) is 48.7. The van der Waals surface area contributed by atoms with E-state index < -0.39 is 14.8 Å². The van der Waals surface area contributed by atoms with Gasteiger partial charge in [-0.1, -0.05) is 0 Å². The summed E-state index contributed by atoms with van der Waals surface area (Å²) in [6.07, 6.45) is 17.6. The first-order valence-electron chi connectivity index (χ1n) is 13.9. The normalized spacial score (nSPS) is 18.7. The van der Waals surface area contributed by atoms with Crippen molar-refractivity contribution in [2.45, 2.75) is 93.0 Å². The van der Waals surface area contributed by atoms with Gasteiger partial charge in [0.15, 0.2) is 0 Å². The van der Waals surface area contributed by atoms with Gasteiger partial charge in [-0.3, -0.25) is 0 Å². The van der Waals surface area contributed by atoms with E-state index in [0.717, 1.165) is 25.7 Å². The molecule has 0 heterocycles. The third-order valence-corrected chi connectivity index (χ3v) is 54.7. The molecule has 2 aromatic carbocycles. The van der Waals surface area contributed by atoms with Gasteiger partial charge in [-0.2, -0.15) is 0 Å². The van der Waals surface area contributed by atoms with Crippen molar-refractivity contribution in [1.29, 1.82) is 0 Å². The van der Waals surface area contributed by atoms with Crippen LogP contribution in [-0.4, -0.2) is 6.22 Å². The third-order valence-electron chi connectivity index (χ3n) is 8.52. The predicted octanol–water partition coefficient (Wildman–Crippen LogP) is 9.73. The van der Waals surface area contributed by atoms with Gasteiger partial charge in [0.1, 0.15) is 0 Å². The van der Waals surface area contributed by atoms with Crippen LogP contribution in [0.3, 0.4) is 0 Å². The molecule has 2 aliphatic carbocycles. The standard InChI is InChI=1S/2C13H15.C5H12Si.2ClH.Hf/c2*1-3-10-8-9-11(4-2)13-7-5-6-12(10)13;1-2-3-4-5-6;;;/h2*5-9H,3-4H2,1-2H3;6H,2-5H2,1H3;2*1H;/q;;;;;+2/p-2. The zero-order valence-electron chi connectivity index (χ0n) is 22.3. The van der Waals surface area contributed by atoms with Crippen LogP contribution in [0.25, 0.3) is 12.2 Å². The van der Waals surface area contributed by atoms with Gasteiger partial charge in [-0.05, 0) is 0 Å². The average molecular weight is 692 g/mol. The number of hydrogen-bond acceptors (Lipinski definition) is 0. The Hall–Kier alpha value is -0.413. The van der Waals surface area contributed by atoms with Gasteiger partial charge < -0.3 is 0 Å². The Balaban J connectivity index is 1.98. The number of allylic oxidation sites excluding steroid dienone is 2. The van der Waals surface area contributed by atoms with Crippen LogP contribution in [0.5, 0.6) is 0 Å². The number of fused-ring (bicyclic) bond motifs is 2. The molecule has 0 N–H and O–H groups in total. The predicted molar refractivity (Wildman–Crippen MR) is 157 cm³/mol. The van der Waals surface area contributed by atoms with Gasteiger partial charge in [0, 0.05) is 0 Å². The van der Waals surface area contributed by atoms with E-state index in [1.807, 2.05) is 0 Å². The monoisotopic (exact) mass is 692 g/mol. The van der Waals surface area contributed by atoms with Crippen molar-refractivity contribution in [1.82, 2.24) is 0 Å². The Kier molecular flexibility index (Phi) is 8.79. The molecule has 0 nitrogen and oxygen atoms in total. The molecule has 0 radical (unpaired) electrons. The Morgan fingerprint density at radius 3 is 1.49 bits per heavy atom. The molecule has 0 spiro atoms. The molecule has 0 amide bonds. The molecule has 0 saturated carbocycles. The van der Waals surface area contributed by atoms with Crippen LogP contribution in [-0.2, 0) is 40.4 Å². The number of halogens is 2. The molecule has 0 fully saturated rings. The van der Waals surface area contributed by atoms with Crippen LogP contribution in [0.4, 0.5) is 0 Å². The molecule has 188 valence electrons. The Labute approximate surface area is 222 Å². The van der Waals surface area contributed by atoms with Gasteiger partial charge in [0.25, 0.3) is 0 Å². The van der Waals surface area contributed by atoms with E-state index in [4.69, 9.17) is 17.2 Å². The minimum atomic E-state index is -4.61. The number of unbranched alkanes of at least 4 members (excludes halogenated alkanes) is 2. The maximum absolute atomic E-state index is 8.31. The second-order valence-electron chi connectivity index (χ2n) is 10.4. The summed E-state index contributed by atoms with van der Waals surface area (Å²) in [5, 5.41) is 0. The van der Waals surface area contributed by atoms with Gasteiger partial charge in [0.05, 0.1) is 0 Å². The first-order valence-corrected chi connectivity index (χ1v) is 34.6. The Bertz CT molecular complexity index is 1150. The van der Waals surface area contributed by atoms with Crippen LogP contribution in [0.1, 0.15) is 106 Å². The zero-order chi connectivity index (χ0) is 25.2. The van der Waals surface area contributed by atoms with Crippen LogP contribution in [0.15, 0.2) is 36.4 Å².